The van der Waals surface area contributed by atoms with Crippen molar-refractivity contribution in [2.24, 2.45) is 11.3 Å². The summed E-state index contributed by atoms with van der Waals surface area (Å²) < 4.78 is 5.12. The lowest BCUT2D eigenvalue weighted by molar-refractivity contribution is -0.151. The summed E-state index contributed by atoms with van der Waals surface area (Å²) >= 11 is 7.53. The maximum absolute atomic E-state index is 12.8. The molecule has 1 aromatic heterocycles. The van der Waals surface area contributed by atoms with E-state index in [0.29, 0.717) is 55.5 Å². The number of carbonyl (C=O) groups excluding carboxylic acids is 3. The zero-order valence-electron chi connectivity index (χ0n) is 21.3. The van der Waals surface area contributed by atoms with Crippen molar-refractivity contribution in [2.45, 2.75) is 58.7 Å². The molecule has 1 aromatic rings. The number of piperidine rings is 1. The van der Waals surface area contributed by atoms with Gasteiger partial charge in [-0.25, -0.2) is 9.97 Å². The number of likely N-dealkylation sites (tertiary alicyclic amines) is 1. The summed E-state index contributed by atoms with van der Waals surface area (Å²) in [5.74, 6) is 0.436. The molecule has 0 spiro atoms. The van der Waals surface area contributed by atoms with Crippen LogP contribution in [0, 0.1) is 11.3 Å². The van der Waals surface area contributed by atoms with Crippen molar-refractivity contribution in [3.63, 3.8) is 0 Å². The third-order valence-corrected chi connectivity index (χ3v) is 7.26. The lowest BCUT2D eigenvalue weighted by atomic mass is 9.93. The number of anilines is 1. The lowest BCUT2D eigenvalue weighted by Crippen LogP contribution is -2.56. The molecule has 11 heteroatoms. The molecule has 194 valence electrons. The fourth-order valence-electron chi connectivity index (χ4n) is 4.38. The Balaban J connectivity index is 1.59. The second kappa shape index (κ2) is 11.8. The van der Waals surface area contributed by atoms with Crippen LogP contribution in [0.3, 0.4) is 0 Å². The number of aromatic nitrogens is 2. The number of halogens is 1. The van der Waals surface area contributed by atoms with Crippen LogP contribution < -0.4 is 4.90 Å². The van der Waals surface area contributed by atoms with Crippen LogP contribution in [0.25, 0.3) is 0 Å². The Morgan fingerprint density at radius 3 is 2.57 bits per heavy atom. The van der Waals surface area contributed by atoms with Crippen molar-refractivity contribution in [1.29, 1.82) is 0 Å². The van der Waals surface area contributed by atoms with Gasteiger partial charge in [-0.05, 0) is 26.7 Å². The first-order chi connectivity index (χ1) is 16.5. The maximum atomic E-state index is 12.8. The summed E-state index contributed by atoms with van der Waals surface area (Å²) in [6, 6.07) is 1.75. The molecule has 2 aliphatic rings. The van der Waals surface area contributed by atoms with Gasteiger partial charge in [-0.1, -0.05) is 44.1 Å². The average molecular weight is 526 g/mol. The predicted octanol–water partition coefficient (Wildman–Crippen LogP) is 3.11. The number of ether oxygens (including phenoxy) is 1. The summed E-state index contributed by atoms with van der Waals surface area (Å²) in [5.41, 5.74) is -0.421. The number of thioether (sulfide) groups is 1. The van der Waals surface area contributed by atoms with Crippen LogP contribution in [0.1, 0.15) is 47.5 Å². The van der Waals surface area contributed by atoms with E-state index < -0.39 is 5.41 Å². The van der Waals surface area contributed by atoms with E-state index in [2.05, 4.69) is 14.9 Å². The highest BCUT2D eigenvalue weighted by Crippen LogP contribution is 2.27. The number of hydrogen-bond donors (Lipinski definition) is 0. The lowest BCUT2D eigenvalue weighted by Gasteiger charge is -2.42. The van der Waals surface area contributed by atoms with Crippen LogP contribution in [0.2, 0.25) is 5.15 Å². The van der Waals surface area contributed by atoms with Crippen molar-refractivity contribution in [3.05, 3.63) is 11.2 Å². The smallest absolute Gasteiger partial charge is 0.310 e. The van der Waals surface area contributed by atoms with E-state index >= 15 is 0 Å². The van der Waals surface area contributed by atoms with Gasteiger partial charge in [0.15, 0.2) is 5.16 Å². The van der Waals surface area contributed by atoms with Gasteiger partial charge in [0.25, 0.3) is 0 Å². The number of rotatable bonds is 6. The van der Waals surface area contributed by atoms with Crippen molar-refractivity contribution >= 4 is 47.0 Å². The Kier molecular flexibility index (Phi) is 9.26. The molecule has 2 saturated heterocycles. The predicted molar refractivity (Wildman–Crippen MR) is 137 cm³/mol. The largest absolute Gasteiger partial charge is 0.466 e. The highest BCUT2D eigenvalue weighted by molar-refractivity contribution is 7.99. The number of hydrogen-bond acceptors (Lipinski definition) is 8. The third-order valence-electron chi connectivity index (χ3n) is 6.23. The molecule has 0 bridgehead atoms. The summed E-state index contributed by atoms with van der Waals surface area (Å²) in [4.78, 5) is 52.3. The fraction of sp³-hybridized carbons (Fsp3) is 0.708. The molecule has 35 heavy (non-hydrogen) atoms. The Hall–Kier alpha value is -2.07. The van der Waals surface area contributed by atoms with Crippen LogP contribution in [0.15, 0.2) is 11.2 Å². The van der Waals surface area contributed by atoms with Crippen molar-refractivity contribution in [1.82, 2.24) is 19.8 Å². The van der Waals surface area contributed by atoms with E-state index in [9.17, 15) is 14.4 Å². The van der Waals surface area contributed by atoms with E-state index in [1.807, 2.05) is 32.6 Å². The maximum Gasteiger partial charge on any atom is 0.310 e. The quantitative estimate of drug-likeness (QED) is 0.242. The monoisotopic (exact) mass is 525 g/mol. The second-order valence-electron chi connectivity index (χ2n) is 10.1. The van der Waals surface area contributed by atoms with E-state index in [0.717, 1.165) is 12.8 Å². The summed E-state index contributed by atoms with van der Waals surface area (Å²) in [6.07, 6.45) is 1.52. The summed E-state index contributed by atoms with van der Waals surface area (Å²) in [6.45, 7) is 12.9. The standard InChI is InChI=1S/C24H36ClN5O4S/c1-6-34-21(32)17-8-7-9-29(14-17)20(31)15-35-23-26-18(25)12-19(27-23)28-10-11-30(16(2)13-28)22(33)24(3,4)5/h12,16-17H,6-11,13-15H2,1-5H3. The van der Waals surface area contributed by atoms with Gasteiger partial charge >= 0.3 is 5.97 Å². The van der Waals surface area contributed by atoms with Gasteiger partial charge < -0.3 is 19.4 Å². The van der Waals surface area contributed by atoms with Gasteiger partial charge in [-0.2, -0.15) is 0 Å². The van der Waals surface area contributed by atoms with Crippen LogP contribution in [0.5, 0.6) is 0 Å². The number of esters is 1. The number of amides is 2. The molecule has 9 nitrogen and oxygen atoms in total. The van der Waals surface area contributed by atoms with Gasteiger partial charge in [-0.3, -0.25) is 14.4 Å². The number of piperazine rings is 1. The molecular formula is C24H36ClN5O4S. The Morgan fingerprint density at radius 2 is 1.91 bits per heavy atom. The molecule has 2 amide bonds. The zero-order chi connectivity index (χ0) is 25.8. The normalized spacial score (nSPS) is 21.1. The first-order valence-corrected chi connectivity index (χ1v) is 13.5. The molecule has 0 aromatic carbocycles. The first-order valence-electron chi connectivity index (χ1n) is 12.2. The van der Waals surface area contributed by atoms with E-state index in [-0.39, 0.29) is 35.5 Å². The number of nitrogens with zero attached hydrogens (tertiary/aromatic N) is 5. The molecule has 0 radical (unpaired) electrons. The second-order valence-corrected chi connectivity index (χ2v) is 11.4. The molecule has 2 unspecified atom stereocenters. The first kappa shape index (κ1) is 27.5. The van der Waals surface area contributed by atoms with Crippen molar-refractivity contribution in [3.8, 4) is 0 Å². The van der Waals surface area contributed by atoms with E-state index in [1.54, 1.807) is 17.9 Å². The van der Waals surface area contributed by atoms with E-state index in [4.69, 9.17) is 16.3 Å². The molecule has 3 rings (SSSR count). The molecule has 0 N–H and O–H groups in total. The van der Waals surface area contributed by atoms with Crippen LogP contribution in [-0.4, -0.2) is 88.7 Å². The van der Waals surface area contributed by atoms with Gasteiger partial charge in [0.2, 0.25) is 11.8 Å². The minimum Gasteiger partial charge on any atom is -0.466 e. The van der Waals surface area contributed by atoms with Crippen LogP contribution >= 0.6 is 23.4 Å². The molecule has 2 aliphatic heterocycles. The van der Waals surface area contributed by atoms with Gasteiger partial charge in [0.1, 0.15) is 11.0 Å². The Bertz CT molecular complexity index is 941. The molecule has 3 heterocycles. The van der Waals surface area contributed by atoms with Gasteiger partial charge in [0, 0.05) is 50.2 Å². The van der Waals surface area contributed by atoms with Crippen LogP contribution in [-0.2, 0) is 19.1 Å². The van der Waals surface area contributed by atoms with Gasteiger partial charge in [0.05, 0.1) is 18.3 Å². The zero-order valence-corrected chi connectivity index (χ0v) is 22.8. The molecular weight excluding hydrogens is 490 g/mol. The molecule has 0 aliphatic carbocycles. The fourth-order valence-corrected chi connectivity index (χ4v) is 5.37. The Morgan fingerprint density at radius 1 is 1.17 bits per heavy atom. The van der Waals surface area contributed by atoms with Gasteiger partial charge in [-0.15, -0.1) is 0 Å². The third kappa shape index (κ3) is 7.22. The highest BCUT2D eigenvalue weighted by Gasteiger charge is 2.34. The topological polar surface area (TPSA) is 95.9 Å². The molecule has 2 atom stereocenters. The number of carbonyl (C=O) groups is 3. The molecule has 0 saturated carbocycles. The average Bonchev–Trinajstić information content (AvgIpc) is 2.81. The Labute approximate surface area is 216 Å². The SMILES string of the molecule is CCOC(=O)C1CCCN(C(=O)CSc2nc(Cl)cc(N3CCN(C(=O)C(C)(C)C)C(C)C3)n2)C1. The minimum atomic E-state index is -0.421. The minimum absolute atomic E-state index is 0.0355. The van der Waals surface area contributed by atoms with E-state index in [1.165, 1.54) is 11.8 Å². The highest BCUT2D eigenvalue weighted by atomic mass is 35.5. The summed E-state index contributed by atoms with van der Waals surface area (Å²) in [5, 5.41) is 0.742. The van der Waals surface area contributed by atoms with Crippen molar-refractivity contribution < 1.29 is 19.1 Å². The van der Waals surface area contributed by atoms with Crippen LogP contribution in [0.4, 0.5) is 5.82 Å². The van der Waals surface area contributed by atoms with Crippen molar-refractivity contribution in [2.75, 3.05) is 50.0 Å². The summed E-state index contributed by atoms with van der Waals surface area (Å²) in [7, 11) is 0. The molecule has 2 fully saturated rings.